The van der Waals surface area contributed by atoms with E-state index in [1.807, 2.05) is 12.1 Å². The van der Waals surface area contributed by atoms with Gasteiger partial charge in [-0.1, -0.05) is 6.07 Å². The summed E-state index contributed by atoms with van der Waals surface area (Å²) in [5.74, 6) is 2.37. The van der Waals surface area contributed by atoms with Gasteiger partial charge in [0, 0.05) is 26.7 Å². The quantitative estimate of drug-likeness (QED) is 0.269. The second-order valence-electron chi connectivity index (χ2n) is 5.81. The molecule has 1 aliphatic rings. The fourth-order valence-electron chi connectivity index (χ4n) is 2.77. The Morgan fingerprint density at radius 3 is 2.68 bits per heavy atom. The number of hydrogen-bond donors (Lipinski definition) is 2. The fraction of sp³-hybridized carbons (Fsp3) is 0.611. The van der Waals surface area contributed by atoms with Gasteiger partial charge in [-0.05, 0) is 43.4 Å². The van der Waals surface area contributed by atoms with Gasteiger partial charge >= 0.3 is 0 Å². The van der Waals surface area contributed by atoms with E-state index in [4.69, 9.17) is 14.2 Å². The van der Waals surface area contributed by atoms with Gasteiger partial charge in [-0.15, -0.1) is 24.0 Å². The van der Waals surface area contributed by atoms with Crippen LogP contribution < -0.4 is 20.1 Å². The number of rotatable bonds is 8. The summed E-state index contributed by atoms with van der Waals surface area (Å²) < 4.78 is 16.2. The van der Waals surface area contributed by atoms with Gasteiger partial charge in [0.25, 0.3) is 0 Å². The minimum absolute atomic E-state index is 0. The Morgan fingerprint density at radius 1 is 1.24 bits per heavy atom. The molecule has 2 N–H and O–H groups in total. The van der Waals surface area contributed by atoms with Crippen molar-refractivity contribution < 1.29 is 14.2 Å². The van der Waals surface area contributed by atoms with Crippen LogP contribution in [0, 0.1) is 0 Å². The van der Waals surface area contributed by atoms with Gasteiger partial charge in [0.1, 0.15) is 0 Å². The third-order valence-electron chi connectivity index (χ3n) is 4.13. The molecule has 1 heterocycles. The van der Waals surface area contributed by atoms with Crippen LogP contribution in [-0.4, -0.2) is 53.0 Å². The van der Waals surface area contributed by atoms with Crippen LogP contribution in [0.1, 0.15) is 24.8 Å². The lowest BCUT2D eigenvalue weighted by atomic mass is 10.1. The monoisotopic (exact) mass is 463 g/mol. The van der Waals surface area contributed by atoms with Crippen LogP contribution in [-0.2, 0) is 11.2 Å². The van der Waals surface area contributed by atoms with E-state index in [1.54, 1.807) is 21.3 Å². The van der Waals surface area contributed by atoms with Crippen molar-refractivity contribution in [2.45, 2.75) is 31.8 Å². The van der Waals surface area contributed by atoms with Crippen molar-refractivity contribution in [3.05, 3.63) is 23.8 Å². The van der Waals surface area contributed by atoms with Crippen molar-refractivity contribution in [1.29, 1.82) is 0 Å². The normalized spacial score (nSPS) is 16.9. The molecule has 1 unspecified atom stereocenters. The Kier molecular flexibility index (Phi) is 10.6. The van der Waals surface area contributed by atoms with Crippen molar-refractivity contribution in [1.82, 2.24) is 10.6 Å². The van der Waals surface area contributed by atoms with E-state index in [9.17, 15) is 0 Å². The number of ether oxygens (including phenoxy) is 3. The Bertz CT molecular complexity index is 534. The molecule has 1 aliphatic heterocycles. The first-order valence-corrected chi connectivity index (χ1v) is 8.54. The zero-order valence-electron chi connectivity index (χ0n) is 15.3. The molecule has 0 aliphatic carbocycles. The molecule has 25 heavy (non-hydrogen) atoms. The van der Waals surface area contributed by atoms with Crippen molar-refractivity contribution >= 4 is 29.9 Å². The summed E-state index contributed by atoms with van der Waals surface area (Å²) in [6.45, 7) is 2.55. The van der Waals surface area contributed by atoms with Crippen molar-refractivity contribution in [2.75, 3.05) is 41.0 Å². The highest BCUT2D eigenvalue weighted by molar-refractivity contribution is 14.0. The van der Waals surface area contributed by atoms with E-state index in [0.717, 1.165) is 62.8 Å². The Balaban J connectivity index is 0.00000312. The topological polar surface area (TPSA) is 64.1 Å². The molecule has 0 amide bonds. The fourth-order valence-corrected chi connectivity index (χ4v) is 2.77. The van der Waals surface area contributed by atoms with Crippen LogP contribution in [0.25, 0.3) is 0 Å². The average Bonchev–Trinajstić information content (AvgIpc) is 3.14. The number of aryl methyl sites for hydroxylation is 1. The molecule has 0 aromatic heterocycles. The maximum Gasteiger partial charge on any atom is 0.191 e. The lowest BCUT2D eigenvalue weighted by Crippen LogP contribution is -2.41. The van der Waals surface area contributed by atoms with Crippen molar-refractivity contribution in [2.24, 2.45) is 4.99 Å². The minimum Gasteiger partial charge on any atom is -0.493 e. The molecule has 0 radical (unpaired) electrons. The largest absolute Gasteiger partial charge is 0.493 e. The van der Waals surface area contributed by atoms with E-state index in [0.29, 0.717) is 6.10 Å². The van der Waals surface area contributed by atoms with E-state index in [-0.39, 0.29) is 24.0 Å². The summed E-state index contributed by atoms with van der Waals surface area (Å²) in [5, 5.41) is 6.66. The molecule has 142 valence electrons. The predicted octanol–water partition coefficient (Wildman–Crippen LogP) is 2.60. The van der Waals surface area contributed by atoms with Gasteiger partial charge in [-0.2, -0.15) is 0 Å². The highest BCUT2D eigenvalue weighted by Crippen LogP contribution is 2.27. The molecule has 6 nitrogen and oxygen atoms in total. The molecule has 1 saturated heterocycles. The summed E-state index contributed by atoms with van der Waals surface area (Å²) in [4.78, 5) is 4.25. The van der Waals surface area contributed by atoms with Gasteiger partial charge in [-0.3, -0.25) is 4.99 Å². The molecular weight excluding hydrogens is 433 g/mol. The van der Waals surface area contributed by atoms with E-state index in [1.165, 1.54) is 5.56 Å². The SMILES string of the molecule is CN=C(NCCCc1ccc(OC)c(OC)c1)NCC1CCCO1.I. The number of nitrogens with zero attached hydrogens (tertiary/aromatic N) is 1. The molecule has 1 atom stereocenters. The lowest BCUT2D eigenvalue weighted by Gasteiger charge is -2.15. The van der Waals surface area contributed by atoms with Gasteiger partial charge in [0.05, 0.1) is 20.3 Å². The average molecular weight is 463 g/mol. The zero-order chi connectivity index (χ0) is 17.2. The smallest absolute Gasteiger partial charge is 0.191 e. The highest BCUT2D eigenvalue weighted by Gasteiger charge is 2.15. The number of nitrogens with one attached hydrogen (secondary N) is 2. The maximum atomic E-state index is 5.60. The molecule has 7 heteroatoms. The van der Waals surface area contributed by atoms with E-state index >= 15 is 0 Å². The van der Waals surface area contributed by atoms with Crippen LogP contribution in [0.3, 0.4) is 0 Å². The molecule has 0 bridgehead atoms. The third kappa shape index (κ3) is 7.27. The van der Waals surface area contributed by atoms with Gasteiger partial charge < -0.3 is 24.8 Å². The second kappa shape index (κ2) is 12.2. The molecular formula is C18H30IN3O3. The first-order valence-electron chi connectivity index (χ1n) is 8.54. The van der Waals surface area contributed by atoms with Gasteiger partial charge in [0.2, 0.25) is 0 Å². The van der Waals surface area contributed by atoms with Crippen molar-refractivity contribution in [3.63, 3.8) is 0 Å². The number of methoxy groups -OCH3 is 2. The Hall–Kier alpha value is -1.22. The Morgan fingerprint density at radius 2 is 2.04 bits per heavy atom. The molecule has 0 saturated carbocycles. The third-order valence-corrected chi connectivity index (χ3v) is 4.13. The maximum absolute atomic E-state index is 5.60. The number of hydrogen-bond acceptors (Lipinski definition) is 4. The molecule has 1 aromatic carbocycles. The zero-order valence-corrected chi connectivity index (χ0v) is 17.7. The molecule has 1 aromatic rings. The van der Waals surface area contributed by atoms with E-state index < -0.39 is 0 Å². The molecule has 2 rings (SSSR count). The number of benzene rings is 1. The highest BCUT2D eigenvalue weighted by atomic mass is 127. The number of halogens is 1. The summed E-state index contributed by atoms with van der Waals surface area (Å²) in [5.41, 5.74) is 1.23. The van der Waals surface area contributed by atoms with Crippen LogP contribution >= 0.6 is 24.0 Å². The van der Waals surface area contributed by atoms with Crippen LogP contribution in [0.5, 0.6) is 11.5 Å². The van der Waals surface area contributed by atoms with Crippen LogP contribution in [0.15, 0.2) is 23.2 Å². The number of aliphatic imine (C=N–C) groups is 1. The summed E-state index contributed by atoms with van der Waals surface area (Å²) in [6, 6.07) is 6.05. The standard InChI is InChI=1S/C18H29N3O3.HI/c1-19-18(21-13-15-7-5-11-24-15)20-10-4-6-14-8-9-16(22-2)17(12-14)23-3;/h8-9,12,15H,4-7,10-11,13H2,1-3H3,(H2,19,20,21);1H. The van der Waals surface area contributed by atoms with Gasteiger partial charge in [0.15, 0.2) is 17.5 Å². The predicted molar refractivity (Wildman–Crippen MR) is 112 cm³/mol. The van der Waals surface area contributed by atoms with E-state index in [2.05, 4.69) is 21.7 Å². The van der Waals surface area contributed by atoms with Crippen LogP contribution in [0.4, 0.5) is 0 Å². The molecule has 1 fully saturated rings. The van der Waals surface area contributed by atoms with Gasteiger partial charge in [-0.25, -0.2) is 0 Å². The minimum atomic E-state index is 0. The first kappa shape index (κ1) is 21.8. The summed E-state index contributed by atoms with van der Waals surface area (Å²) in [6.07, 6.45) is 4.58. The number of guanidine groups is 1. The summed E-state index contributed by atoms with van der Waals surface area (Å²) in [7, 11) is 5.10. The Labute approximate surface area is 167 Å². The second-order valence-corrected chi connectivity index (χ2v) is 5.81. The molecule has 0 spiro atoms. The van der Waals surface area contributed by atoms with Crippen molar-refractivity contribution in [3.8, 4) is 11.5 Å². The summed E-state index contributed by atoms with van der Waals surface area (Å²) >= 11 is 0. The first-order chi connectivity index (χ1) is 11.8. The lowest BCUT2D eigenvalue weighted by molar-refractivity contribution is 0.114. The van der Waals surface area contributed by atoms with Crippen LogP contribution in [0.2, 0.25) is 0 Å².